The van der Waals surface area contributed by atoms with E-state index in [2.05, 4.69) is 5.32 Å². The molecule has 0 saturated carbocycles. The maximum absolute atomic E-state index is 12.7. The number of carbonyl (C=O) groups excluding carboxylic acids is 6. The van der Waals surface area contributed by atoms with Crippen molar-refractivity contribution in [2.45, 2.75) is 27.7 Å². The first-order valence-electron chi connectivity index (χ1n) is 12.6. The van der Waals surface area contributed by atoms with Gasteiger partial charge in [-0.1, -0.05) is 0 Å². The van der Waals surface area contributed by atoms with Gasteiger partial charge in [0.25, 0.3) is 5.91 Å². The molecule has 0 unspecified atom stereocenters. The molecule has 0 aliphatic rings. The monoisotopic (exact) mass is 605 g/mol. The molecule has 0 radical (unpaired) electrons. The van der Waals surface area contributed by atoms with Gasteiger partial charge in [-0.3, -0.25) is 24.0 Å². The predicted molar refractivity (Wildman–Crippen MR) is 145 cm³/mol. The van der Waals surface area contributed by atoms with E-state index < -0.39 is 35.8 Å². The second kappa shape index (κ2) is 16.3. The lowest BCUT2D eigenvalue weighted by Crippen LogP contribution is -2.28. The minimum absolute atomic E-state index is 0.00824. The molecule has 2 aromatic carbocycles. The summed E-state index contributed by atoms with van der Waals surface area (Å²) in [4.78, 5) is 71.1. The van der Waals surface area contributed by atoms with Crippen molar-refractivity contribution in [2.24, 2.45) is 0 Å². The third-order valence-corrected chi connectivity index (χ3v) is 4.97. The van der Waals surface area contributed by atoms with Gasteiger partial charge in [0.2, 0.25) is 11.5 Å². The van der Waals surface area contributed by atoms with Gasteiger partial charge in [-0.15, -0.1) is 0 Å². The predicted octanol–water partition coefficient (Wildman–Crippen LogP) is 2.01. The van der Waals surface area contributed by atoms with Crippen molar-refractivity contribution < 1.29 is 66.7 Å². The number of hydrogen-bond acceptors (Lipinski definition) is 14. The first-order chi connectivity index (χ1) is 20.4. The van der Waals surface area contributed by atoms with E-state index in [1.807, 2.05) is 0 Å². The molecule has 15 heteroatoms. The van der Waals surface area contributed by atoms with E-state index in [9.17, 15) is 28.8 Å². The molecule has 2 rings (SSSR count). The highest BCUT2D eigenvalue weighted by molar-refractivity contribution is 5.96. The van der Waals surface area contributed by atoms with Crippen LogP contribution in [0, 0.1) is 0 Å². The molecule has 0 atom stereocenters. The Morgan fingerprint density at radius 2 is 1.02 bits per heavy atom. The first kappa shape index (κ1) is 34.0. The van der Waals surface area contributed by atoms with Crippen molar-refractivity contribution >= 4 is 35.8 Å². The van der Waals surface area contributed by atoms with Crippen molar-refractivity contribution in [3.63, 3.8) is 0 Å². The van der Waals surface area contributed by atoms with Gasteiger partial charge in [0.05, 0.1) is 33.0 Å². The molecular formula is C28H31NO14. The fourth-order valence-corrected chi connectivity index (χ4v) is 3.37. The molecule has 0 fully saturated rings. The van der Waals surface area contributed by atoms with Crippen LogP contribution >= 0.6 is 0 Å². The summed E-state index contributed by atoms with van der Waals surface area (Å²) in [5.41, 5.74) is 0.0146. The number of amides is 1. The van der Waals surface area contributed by atoms with Crippen molar-refractivity contribution in [3.05, 3.63) is 35.4 Å². The normalized spacial score (nSPS) is 10.2. The second-order valence-electron chi connectivity index (χ2n) is 8.39. The molecule has 0 saturated heterocycles. The third kappa shape index (κ3) is 10.6. The van der Waals surface area contributed by atoms with Crippen LogP contribution in [0.3, 0.4) is 0 Å². The summed E-state index contributed by atoms with van der Waals surface area (Å²) < 4.78 is 41.1. The third-order valence-electron chi connectivity index (χ3n) is 4.97. The lowest BCUT2D eigenvalue weighted by Gasteiger charge is -2.15. The van der Waals surface area contributed by atoms with E-state index in [0.29, 0.717) is 0 Å². The van der Waals surface area contributed by atoms with E-state index in [0.717, 1.165) is 32.9 Å². The van der Waals surface area contributed by atoms with Gasteiger partial charge < -0.3 is 43.2 Å². The number of hydrogen-bond donors (Lipinski definition) is 1. The van der Waals surface area contributed by atoms with Crippen LogP contribution in [0.2, 0.25) is 0 Å². The molecule has 0 bridgehead atoms. The lowest BCUT2D eigenvalue weighted by atomic mass is 10.1. The number of methoxy groups -OCH3 is 2. The zero-order chi connectivity index (χ0) is 32.1. The molecule has 0 aliphatic heterocycles. The van der Waals surface area contributed by atoms with Crippen molar-refractivity contribution in [3.8, 4) is 34.5 Å². The molecular weight excluding hydrogens is 574 g/mol. The standard InChI is InChI=1S/C28H31NO14/c1-15(30)40-23-11-19(12-24(41-16(2)31)26(23)43-18(4)33)27(34)29-7-8-38-9-10-39-28(35)20-13-21(36-5)25(42-17(3)32)22(14-20)37-6/h11-14H,7-10H2,1-6H3,(H,29,34). The summed E-state index contributed by atoms with van der Waals surface area (Å²) in [5.74, 6) is -5.04. The maximum atomic E-state index is 12.7. The van der Waals surface area contributed by atoms with Crippen molar-refractivity contribution in [1.82, 2.24) is 5.32 Å². The molecule has 232 valence electrons. The average molecular weight is 606 g/mol. The highest BCUT2D eigenvalue weighted by Crippen LogP contribution is 2.40. The van der Waals surface area contributed by atoms with Crippen LogP contribution in [0.15, 0.2) is 24.3 Å². The second-order valence-corrected chi connectivity index (χ2v) is 8.39. The lowest BCUT2D eigenvalue weighted by molar-refractivity contribution is -0.135. The molecule has 15 nitrogen and oxygen atoms in total. The summed E-state index contributed by atoms with van der Waals surface area (Å²) in [7, 11) is 2.67. The Morgan fingerprint density at radius 3 is 1.47 bits per heavy atom. The fraction of sp³-hybridized carbons (Fsp3) is 0.357. The maximum Gasteiger partial charge on any atom is 0.338 e. The largest absolute Gasteiger partial charge is 0.493 e. The molecule has 0 spiro atoms. The highest BCUT2D eigenvalue weighted by Gasteiger charge is 2.23. The van der Waals surface area contributed by atoms with Crippen molar-refractivity contribution in [1.29, 1.82) is 0 Å². The summed E-state index contributed by atoms with van der Waals surface area (Å²) in [6.45, 7) is 4.41. The van der Waals surface area contributed by atoms with Crippen molar-refractivity contribution in [2.75, 3.05) is 40.6 Å². The summed E-state index contributed by atoms with van der Waals surface area (Å²) in [6.07, 6.45) is 0. The molecule has 1 amide bonds. The Bertz CT molecular complexity index is 1320. The highest BCUT2D eigenvalue weighted by atomic mass is 16.6. The number of carbonyl (C=O) groups is 6. The van der Waals surface area contributed by atoms with Crippen LogP contribution in [0.5, 0.6) is 34.5 Å². The topological polar surface area (TPSA) is 188 Å². The Labute approximate surface area is 246 Å². The van der Waals surface area contributed by atoms with Crippen LogP contribution in [0.1, 0.15) is 48.4 Å². The fourth-order valence-electron chi connectivity index (χ4n) is 3.37. The summed E-state index contributed by atoms with van der Waals surface area (Å²) in [6, 6.07) is 4.95. The minimum Gasteiger partial charge on any atom is -0.493 e. The van der Waals surface area contributed by atoms with Crippen LogP contribution in [-0.2, 0) is 28.7 Å². The van der Waals surface area contributed by atoms with E-state index in [1.54, 1.807) is 0 Å². The van der Waals surface area contributed by atoms with Gasteiger partial charge in [-0.2, -0.15) is 0 Å². The molecule has 0 aliphatic carbocycles. The minimum atomic E-state index is -0.779. The van der Waals surface area contributed by atoms with Crippen LogP contribution in [0.25, 0.3) is 0 Å². The molecule has 0 heterocycles. The van der Waals surface area contributed by atoms with Gasteiger partial charge in [-0.05, 0) is 24.3 Å². The molecule has 1 N–H and O–H groups in total. The molecule has 43 heavy (non-hydrogen) atoms. The molecule has 0 aromatic heterocycles. The van der Waals surface area contributed by atoms with Gasteiger partial charge in [0.1, 0.15) is 6.61 Å². The van der Waals surface area contributed by atoms with Gasteiger partial charge in [0.15, 0.2) is 23.0 Å². The quantitative estimate of drug-likeness (QED) is 0.187. The summed E-state index contributed by atoms with van der Waals surface area (Å²) in [5, 5.41) is 2.57. The van der Waals surface area contributed by atoms with Crippen LogP contribution < -0.4 is 33.7 Å². The average Bonchev–Trinajstić information content (AvgIpc) is 2.92. The van der Waals surface area contributed by atoms with Crippen LogP contribution in [0.4, 0.5) is 0 Å². The zero-order valence-corrected chi connectivity index (χ0v) is 24.4. The zero-order valence-electron chi connectivity index (χ0n) is 24.4. The Balaban J connectivity index is 1.94. The number of rotatable bonds is 14. The number of esters is 5. The smallest absolute Gasteiger partial charge is 0.338 e. The van der Waals surface area contributed by atoms with Gasteiger partial charge >= 0.3 is 29.8 Å². The Hall–Kier alpha value is -5.18. The van der Waals surface area contributed by atoms with E-state index in [1.165, 1.54) is 33.3 Å². The molecule has 2 aromatic rings. The number of benzene rings is 2. The van der Waals surface area contributed by atoms with E-state index in [4.69, 9.17) is 37.9 Å². The van der Waals surface area contributed by atoms with E-state index in [-0.39, 0.29) is 72.0 Å². The van der Waals surface area contributed by atoms with Gasteiger partial charge in [-0.25, -0.2) is 4.79 Å². The number of nitrogens with one attached hydrogen (secondary N) is 1. The first-order valence-corrected chi connectivity index (χ1v) is 12.6. The van der Waals surface area contributed by atoms with Crippen LogP contribution in [-0.4, -0.2) is 76.3 Å². The number of ether oxygens (including phenoxy) is 8. The Kier molecular flexibility index (Phi) is 12.9. The SMILES string of the molecule is COc1cc(C(=O)OCCOCCNC(=O)c2cc(OC(C)=O)c(OC(C)=O)c(OC(C)=O)c2)cc(OC)c1OC(C)=O. The Morgan fingerprint density at radius 1 is 0.581 bits per heavy atom. The van der Waals surface area contributed by atoms with Gasteiger partial charge in [0, 0.05) is 39.8 Å². The summed E-state index contributed by atoms with van der Waals surface area (Å²) >= 11 is 0. The van der Waals surface area contributed by atoms with E-state index >= 15 is 0 Å².